The van der Waals surface area contributed by atoms with Crippen LogP contribution in [-0.2, 0) is 6.42 Å². The maximum atomic E-state index is 5.63. The summed E-state index contributed by atoms with van der Waals surface area (Å²) in [6.07, 6.45) is 4.28. The lowest BCUT2D eigenvalue weighted by atomic mass is 10.3. The van der Waals surface area contributed by atoms with Gasteiger partial charge in [-0.15, -0.1) is 13.2 Å². The van der Waals surface area contributed by atoms with E-state index in [0.29, 0.717) is 5.28 Å². The van der Waals surface area contributed by atoms with E-state index in [0.717, 1.165) is 17.8 Å². The molecule has 0 bridgehead atoms. The topological polar surface area (TPSA) is 25.8 Å². The molecule has 1 rings (SSSR count). The third kappa shape index (κ3) is 9.41. The molecule has 0 saturated carbocycles. The molecule has 1 heterocycles. The largest absolute Gasteiger partial charge is 0.223 e. The quantitative estimate of drug-likeness (QED) is 0.566. The van der Waals surface area contributed by atoms with Crippen molar-refractivity contribution in [3.63, 3.8) is 0 Å². The maximum absolute atomic E-state index is 5.63. The molecule has 1 aromatic heterocycles. The van der Waals surface area contributed by atoms with Crippen molar-refractivity contribution < 1.29 is 0 Å². The van der Waals surface area contributed by atoms with Gasteiger partial charge < -0.3 is 0 Å². The molecule has 0 N–H and O–H groups in total. The highest BCUT2D eigenvalue weighted by Gasteiger charge is 1.96. The fraction of sp³-hybridized carbons (Fsp3) is 0.385. The Bertz CT molecular complexity index is 289. The third-order valence-corrected chi connectivity index (χ3v) is 1.40. The van der Waals surface area contributed by atoms with Gasteiger partial charge in [-0.25, -0.2) is 9.97 Å². The SMILES string of the molecule is C=CC.C=CCc1cc(C)nc(Cl)n1.CC. The van der Waals surface area contributed by atoms with Crippen LogP contribution in [0.15, 0.2) is 31.4 Å². The van der Waals surface area contributed by atoms with E-state index >= 15 is 0 Å². The van der Waals surface area contributed by atoms with Crippen molar-refractivity contribution in [2.24, 2.45) is 0 Å². The maximum Gasteiger partial charge on any atom is 0.222 e. The van der Waals surface area contributed by atoms with Gasteiger partial charge in [-0.2, -0.15) is 0 Å². The number of rotatable bonds is 2. The standard InChI is InChI=1S/C8H9ClN2.C3H6.C2H6/c1-3-4-7-5-6(2)10-8(9)11-7;1-3-2;1-2/h3,5H,1,4H2,2H3;3H,1H2,2H3;1-2H3. The summed E-state index contributed by atoms with van der Waals surface area (Å²) in [4.78, 5) is 7.94. The van der Waals surface area contributed by atoms with Gasteiger partial charge in [0.15, 0.2) is 0 Å². The first-order valence-electron chi connectivity index (χ1n) is 5.32. The lowest BCUT2D eigenvalue weighted by Crippen LogP contribution is -1.92. The number of aromatic nitrogens is 2. The molecule has 16 heavy (non-hydrogen) atoms. The summed E-state index contributed by atoms with van der Waals surface area (Å²) in [5, 5.41) is 0.307. The Morgan fingerprint density at radius 1 is 1.31 bits per heavy atom. The van der Waals surface area contributed by atoms with Gasteiger partial charge >= 0.3 is 0 Å². The van der Waals surface area contributed by atoms with E-state index in [9.17, 15) is 0 Å². The van der Waals surface area contributed by atoms with Crippen molar-refractivity contribution in [3.05, 3.63) is 48.0 Å². The van der Waals surface area contributed by atoms with E-state index in [1.54, 1.807) is 12.2 Å². The van der Waals surface area contributed by atoms with Gasteiger partial charge in [-0.05, 0) is 31.5 Å². The van der Waals surface area contributed by atoms with Gasteiger partial charge in [0, 0.05) is 17.8 Å². The fourth-order valence-corrected chi connectivity index (χ4v) is 1.09. The molecule has 0 radical (unpaired) electrons. The molecule has 2 nitrogen and oxygen atoms in total. The molecular formula is C13H21ClN2. The van der Waals surface area contributed by atoms with E-state index in [2.05, 4.69) is 23.1 Å². The van der Waals surface area contributed by atoms with E-state index in [-0.39, 0.29) is 0 Å². The second-order valence-corrected chi connectivity index (χ2v) is 3.01. The molecule has 0 amide bonds. The third-order valence-electron chi connectivity index (χ3n) is 1.23. The Kier molecular flexibility index (Phi) is 12.9. The van der Waals surface area contributed by atoms with Crippen LogP contribution in [0.1, 0.15) is 32.2 Å². The number of halogens is 1. The number of nitrogens with zero attached hydrogens (tertiary/aromatic N) is 2. The van der Waals surface area contributed by atoms with Gasteiger partial charge in [0.2, 0.25) is 5.28 Å². The van der Waals surface area contributed by atoms with Crippen molar-refractivity contribution in [2.75, 3.05) is 0 Å². The van der Waals surface area contributed by atoms with Crippen LogP contribution in [0.2, 0.25) is 5.28 Å². The van der Waals surface area contributed by atoms with Crippen LogP contribution in [0.4, 0.5) is 0 Å². The molecule has 0 aliphatic rings. The van der Waals surface area contributed by atoms with E-state index in [1.165, 1.54) is 0 Å². The minimum Gasteiger partial charge on any atom is -0.223 e. The molecule has 0 unspecified atom stereocenters. The van der Waals surface area contributed by atoms with Gasteiger partial charge in [-0.3, -0.25) is 0 Å². The first kappa shape index (κ1) is 17.3. The second-order valence-electron chi connectivity index (χ2n) is 2.67. The molecule has 0 saturated heterocycles. The summed E-state index contributed by atoms with van der Waals surface area (Å²) in [6, 6.07) is 1.90. The summed E-state index contributed by atoms with van der Waals surface area (Å²) < 4.78 is 0. The normalized spacial score (nSPS) is 7.81. The van der Waals surface area contributed by atoms with Crippen LogP contribution in [0.5, 0.6) is 0 Å². The highest BCUT2D eigenvalue weighted by Crippen LogP contribution is 2.05. The van der Waals surface area contributed by atoms with Crippen LogP contribution in [0.3, 0.4) is 0 Å². The van der Waals surface area contributed by atoms with Crippen molar-refractivity contribution >= 4 is 11.6 Å². The van der Waals surface area contributed by atoms with Crippen molar-refractivity contribution in [1.82, 2.24) is 9.97 Å². The molecule has 1 aromatic rings. The van der Waals surface area contributed by atoms with Crippen molar-refractivity contribution in [2.45, 2.75) is 34.1 Å². The van der Waals surface area contributed by atoms with Crippen LogP contribution < -0.4 is 0 Å². The number of aryl methyl sites for hydroxylation is 1. The molecular weight excluding hydrogens is 220 g/mol. The van der Waals surface area contributed by atoms with Crippen molar-refractivity contribution in [1.29, 1.82) is 0 Å². The minimum atomic E-state index is 0.307. The Morgan fingerprint density at radius 3 is 2.19 bits per heavy atom. The first-order valence-corrected chi connectivity index (χ1v) is 5.69. The van der Waals surface area contributed by atoms with Gasteiger partial charge in [-0.1, -0.05) is 26.0 Å². The molecule has 3 heteroatoms. The summed E-state index contributed by atoms with van der Waals surface area (Å²) in [5.41, 5.74) is 1.80. The van der Waals surface area contributed by atoms with Gasteiger partial charge in [0.25, 0.3) is 0 Å². The molecule has 0 atom stereocenters. The van der Waals surface area contributed by atoms with Gasteiger partial charge in [0.1, 0.15) is 0 Å². The van der Waals surface area contributed by atoms with Crippen LogP contribution >= 0.6 is 11.6 Å². The lowest BCUT2D eigenvalue weighted by Gasteiger charge is -1.97. The van der Waals surface area contributed by atoms with Crippen LogP contribution in [-0.4, -0.2) is 9.97 Å². The van der Waals surface area contributed by atoms with E-state index in [1.807, 2.05) is 33.8 Å². The Hall–Kier alpha value is -1.15. The molecule has 0 spiro atoms. The smallest absolute Gasteiger partial charge is 0.222 e. The Morgan fingerprint density at radius 2 is 1.81 bits per heavy atom. The summed E-state index contributed by atoms with van der Waals surface area (Å²) in [7, 11) is 0. The van der Waals surface area contributed by atoms with Crippen LogP contribution in [0.25, 0.3) is 0 Å². The molecule has 0 aromatic carbocycles. The predicted octanol–water partition coefficient (Wildman–Crippen LogP) is 4.39. The highest BCUT2D eigenvalue weighted by molar-refractivity contribution is 6.28. The van der Waals surface area contributed by atoms with Gasteiger partial charge in [0.05, 0.1) is 0 Å². The molecule has 90 valence electrons. The van der Waals surface area contributed by atoms with E-state index < -0.39 is 0 Å². The average Bonchev–Trinajstić information content (AvgIpc) is 2.20. The van der Waals surface area contributed by atoms with Crippen molar-refractivity contribution in [3.8, 4) is 0 Å². The zero-order chi connectivity index (χ0) is 13.0. The minimum absolute atomic E-state index is 0.307. The summed E-state index contributed by atoms with van der Waals surface area (Å²) >= 11 is 5.63. The first-order chi connectivity index (χ1) is 7.63. The molecule has 0 aliphatic carbocycles. The Balaban J connectivity index is 0. The lowest BCUT2D eigenvalue weighted by molar-refractivity contribution is 1.02. The molecule has 0 aliphatic heterocycles. The summed E-state index contributed by atoms with van der Waals surface area (Å²) in [5.74, 6) is 0. The number of allylic oxidation sites excluding steroid dienone is 2. The monoisotopic (exact) mass is 240 g/mol. The Labute approximate surface area is 104 Å². The second kappa shape index (κ2) is 11.9. The summed E-state index contributed by atoms with van der Waals surface area (Å²) in [6.45, 7) is 14.8. The van der Waals surface area contributed by atoms with Crippen LogP contribution in [0, 0.1) is 6.92 Å². The van der Waals surface area contributed by atoms with E-state index in [4.69, 9.17) is 11.6 Å². The fourth-order valence-electron chi connectivity index (χ4n) is 0.847. The highest BCUT2D eigenvalue weighted by atomic mass is 35.5. The zero-order valence-electron chi connectivity index (χ0n) is 10.6. The number of hydrogen-bond acceptors (Lipinski definition) is 2. The molecule has 0 fully saturated rings. The zero-order valence-corrected chi connectivity index (χ0v) is 11.4. The average molecular weight is 241 g/mol. The predicted molar refractivity (Wildman–Crippen MR) is 72.9 cm³/mol. The number of hydrogen-bond donors (Lipinski definition) is 0.